The lowest BCUT2D eigenvalue weighted by molar-refractivity contribution is -0.136. The van der Waals surface area contributed by atoms with Crippen molar-refractivity contribution in [1.82, 2.24) is 0 Å². The number of hydrogen-bond acceptors (Lipinski definition) is 3. The molecule has 4 nitrogen and oxygen atoms in total. The van der Waals surface area contributed by atoms with Crippen molar-refractivity contribution >= 4 is 44.9 Å². The molecule has 1 amide bonds. The third-order valence-electron chi connectivity index (χ3n) is 6.67. The zero-order chi connectivity index (χ0) is 23.2. The Bertz CT molecular complexity index is 1270. The number of aryl methyl sites for hydroxylation is 2. The monoisotopic (exact) mass is 523 g/mol. The predicted octanol–water partition coefficient (Wildman–Crippen LogP) is 5.99. The van der Waals surface area contributed by atoms with Crippen LogP contribution in [0.15, 0.2) is 65.1 Å². The van der Waals surface area contributed by atoms with E-state index in [1.807, 2.05) is 42.5 Å². The number of carbonyl (C=O) groups is 2. The third-order valence-corrected chi connectivity index (χ3v) is 7.53. The summed E-state index contributed by atoms with van der Waals surface area (Å²) in [6, 6.07) is 18.4. The molecule has 1 heterocycles. The molecule has 1 aliphatic carbocycles. The van der Waals surface area contributed by atoms with Crippen molar-refractivity contribution in [2.24, 2.45) is 0 Å². The van der Waals surface area contributed by atoms with Crippen LogP contribution < -0.4 is 4.90 Å². The van der Waals surface area contributed by atoms with Gasteiger partial charge in [-0.1, -0.05) is 57.9 Å². The summed E-state index contributed by atoms with van der Waals surface area (Å²) in [6.07, 6.45) is 3.96. The Balaban J connectivity index is 1.49. The summed E-state index contributed by atoms with van der Waals surface area (Å²) in [5.74, 6) is -0.758. The van der Waals surface area contributed by atoms with Gasteiger partial charge in [0.1, 0.15) is 0 Å². The SMILES string of the molecule is O=C(CC1(O)C(=O)N(Cc2ccccc2Cl)c2ccc(Br)cc21)c1ccc2c(c1)CCCC2. The molecule has 3 aromatic carbocycles. The molecule has 0 saturated carbocycles. The van der Waals surface area contributed by atoms with Gasteiger partial charge in [-0.25, -0.2) is 0 Å². The van der Waals surface area contributed by atoms with Crippen LogP contribution in [0.25, 0.3) is 0 Å². The van der Waals surface area contributed by atoms with E-state index >= 15 is 0 Å². The van der Waals surface area contributed by atoms with E-state index in [4.69, 9.17) is 11.6 Å². The van der Waals surface area contributed by atoms with Gasteiger partial charge in [-0.2, -0.15) is 0 Å². The number of amides is 1. The normalized spacial score (nSPS) is 19.4. The quantitative estimate of drug-likeness (QED) is 0.417. The summed E-state index contributed by atoms with van der Waals surface area (Å²) < 4.78 is 0.730. The Morgan fingerprint density at radius 3 is 2.58 bits per heavy atom. The van der Waals surface area contributed by atoms with Gasteiger partial charge in [0.05, 0.1) is 18.7 Å². The maximum absolute atomic E-state index is 13.6. The lowest BCUT2D eigenvalue weighted by Crippen LogP contribution is -2.41. The number of anilines is 1. The van der Waals surface area contributed by atoms with E-state index in [9.17, 15) is 14.7 Å². The number of fused-ring (bicyclic) bond motifs is 2. The van der Waals surface area contributed by atoms with Crippen LogP contribution in [0.5, 0.6) is 0 Å². The largest absolute Gasteiger partial charge is 0.375 e. The highest BCUT2D eigenvalue weighted by atomic mass is 79.9. The first-order chi connectivity index (χ1) is 15.9. The molecule has 1 atom stereocenters. The second-order valence-electron chi connectivity index (χ2n) is 8.80. The van der Waals surface area contributed by atoms with Gasteiger partial charge in [-0.3, -0.25) is 9.59 Å². The minimum absolute atomic E-state index is 0.211. The zero-order valence-electron chi connectivity index (χ0n) is 18.0. The maximum atomic E-state index is 13.6. The molecule has 6 heteroatoms. The van der Waals surface area contributed by atoms with Gasteiger partial charge < -0.3 is 10.0 Å². The number of rotatable bonds is 5. The smallest absolute Gasteiger partial charge is 0.264 e. The fraction of sp³-hybridized carbons (Fsp3) is 0.259. The number of benzene rings is 3. The van der Waals surface area contributed by atoms with Gasteiger partial charge in [0.25, 0.3) is 5.91 Å². The molecule has 0 saturated heterocycles. The number of Topliss-reactive ketones (excluding diaryl/α,β-unsaturated/α-hetero) is 1. The average Bonchev–Trinajstić information content (AvgIpc) is 3.01. The molecule has 0 spiro atoms. The zero-order valence-corrected chi connectivity index (χ0v) is 20.3. The van der Waals surface area contributed by atoms with Crippen LogP contribution in [0.3, 0.4) is 0 Å². The average molecular weight is 525 g/mol. The standard InChI is InChI=1S/C27H23BrClNO3/c28-21-11-12-24-22(14-21)27(33,26(32)30(24)16-20-7-3-4-8-23(20)29)15-25(31)19-10-9-17-5-1-2-6-18(17)13-19/h3-4,7-14,33H,1-2,5-6,15-16H2. The Kier molecular flexibility index (Phi) is 5.89. The van der Waals surface area contributed by atoms with Crippen molar-refractivity contribution in [3.8, 4) is 0 Å². The number of halogens is 2. The fourth-order valence-corrected chi connectivity index (χ4v) is 5.45. The number of ketones is 1. The Morgan fingerprint density at radius 2 is 1.79 bits per heavy atom. The van der Waals surface area contributed by atoms with E-state index < -0.39 is 11.5 Å². The van der Waals surface area contributed by atoms with E-state index in [0.29, 0.717) is 21.8 Å². The van der Waals surface area contributed by atoms with Crippen LogP contribution in [0, 0.1) is 0 Å². The maximum Gasteiger partial charge on any atom is 0.264 e. The first-order valence-electron chi connectivity index (χ1n) is 11.1. The Labute approximate surface area is 206 Å². The summed E-state index contributed by atoms with van der Waals surface area (Å²) in [4.78, 5) is 28.4. The van der Waals surface area contributed by atoms with Gasteiger partial charge >= 0.3 is 0 Å². The van der Waals surface area contributed by atoms with Crippen LogP contribution in [-0.4, -0.2) is 16.8 Å². The molecule has 3 aromatic rings. The second-order valence-corrected chi connectivity index (χ2v) is 10.1. The molecule has 0 bridgehead atoms. The summed E-state index contributed by atoms with van der Waals surface area (Å²) in [7, 11) is 0. The summed E-state index contributed by atoms with van der Waals surface area (Å²) >= 11 is 9.77. The summed E-state index contributed by atoms with van der Waals surface area (Å²) in [6.45, 7) is 0.211. The van der Waals surface area contributed by atoms with E-state index in [0.717, 1.165) is 29.3 Å². The van der Waals surface area contributed by atoms with E-state index in [-0.39, 0.29) is 18.7 Å². The Morgan fingerprint density at radius 1 is 1.03 bits per heavy atom. The third kappa shape index (κ3) is 4.03. The second kappa shape index (κ2) is 8.71. The first kappa shape index (κ1) is 22.3. The topological polar surface area (TPSA) is 57.6 Å². The van der Waals surface area contributed by atoms with Crippen LogP contribution >= 0.6 is 27.5 Å². The molecule has 2 aliphatic rings. The summed E-state index contributed by atoms with van der Waals surface area (Å²) in [5, 5.41) is 12.2. The van der Waals surface area contributed by atoms with Gasteiger partial charge in [0.2, 0.25) is 0 Å². The van der Waals surface area contributed by atoms with Crippen LogP contribution in [0.1, 0.15) is 51.9 Å². The van der Waals surface area contributed by atoms with Crippen molar-refractivity contribution in [2.75, 3.05) is 4.90 Å². The van der Waals surface area contributed by atoms with Crippen molar-refractivity contribution in [3.63, 3.8) is 0 Å². The van der Waals surface area contributed by atoms with E-state index in [1.165, 1.54) is 22.4 Å². The molecular weight excluding hydrogens is 502 g/mol. The van der Waals surface area contributed by atoms with Gasteiger partial charge in [0.15, 0.2) is 11.4 Å². The summed E-state index contributed by atoms with van der Waals surface area (Å²) in [5.41, 5.74) is 2.87. The van der Waals surface area contributed by atoms with E-state index in [1.54, 1.807) is 18.2 Å². The number of nitrogens with zero attached hydrogens (tertiary/aromatic N) is 1. The number of aliphatic hydroxyl groups is 1. The lowest BCUT2D eigenvalue weighted by atomic mass is 9.85. The molecule has 33 heavy (non-hydrogen) atoms. The van der Waals surface area contributed by atoms with Crippen LogP contribution in [-0.2, 0) is 29.8 Å². The van der Waals surface area contributed by atoms with Gasteiger partial charge in [-0.05, 0) is 72.7 Å². The Hall–Kier alpha value is -2.47. The van der Waals surface area contributed by atoms with Crippen molar-refractivity contribution in [3.05, 3.63) is 98.0 Å². The van der Waals surface area contributed by atoms with Crippen molar-refractivity contribution in [2.45, 2.75) is 44.2 Å². The first-order valence-corrected chi connectivity index (χ1v) is 12.3. The molecule has 1 N–H and O–H groups in total. The molecule has 1 unspecified atom stereocenters. The number of hydrogen-bond donors (Lipinski definition) is 1. The fourth-order valence-electron chi connectivity index (χ4n) is 4.89. The highest BCUT2D eigenvalue weighted by Gasteiger charge is 2.51. The molecule has 0 radical (unpaired) electrons. The molecule has 0 fully saturated rings. The van der Waals surface area contributed by atoms with Crippen LogP contribution in [0.2, 0.25) is 5.02 Å². The van der Waals surface area contributed by atoms with Gasteiger partial charge in [-0.15, -0.1) is 0 Å². The van der Waals surface area contributed by atoms with Crippen molar-refractivity contribution < 1.29 is 14.7 Å². The molecule has 0 aromatic heterocycles. The van der Waals surface area contributed by atoms with Crippen LogP contribution in [0.4, 0.5) is 5.69 Å². The lowest BCUT2D eigenvalue weighted by Gasteiger charge is -2.23. The minimum atomic E-state index is -1.94. The highest BCUT2D eigenvalue weighted by Crippen LogP contribution is 2.45. The minimum Gasteiger partial charge on any atom is -0.375 e. The van der Waals surface area contributed by atoms with Crippen molar-refractivity contribution in [1.29, 1.82) is 0 Å². The molecule has 168 valence electrons. The molecule has 1 aliphatic heterocycles. The predicted molar refractivity (Wildman–Crippen MR) is 133 cm³/mol. The molecular formula is C27H23BrClNO3. The molecule has 5 rings (SSSR count). The van der Waals surface area contributed by atoms with E-state index in [2.05, 4.69) is 15.9 Å². The number of carbonyl (C=O) groups excluding carboxylic acids is 2. The highest BCUT2D eigenvalue weighted by molar-refractivity contribution is 9.10. The van der Waals surface area contributed by atoms with Gasteiger partial charge in [0, 0.05) is 20.6 Å².